The first-order chi connectivity index (χ1) is 8.15. The fraction of sp³-hybridized carbons (Fsp3) is 0.417. The van der Waals surface area contributed by atoms with Crippen LogP contribution in [0.5, 0.6) is 0 Å². The van der Waals surface area contributed by atoms with E-state index in [1.54, 1.807) is 26.1 Å². The number of nitrogens with zero attached hydrogens (tertiary/aromatic N) is 1. The number of likely N-dealkylation sites (N-methyl/N-ethyl adjacent to an activating group) is 1. The number of amides is 1. The average molecular weight is 293 g/mol. The first-order valence-corrected chi connectivity index (χ1v) is 7.10. The van der Waals surface area contributed by atoms with Crippen molar-refractivity contribution < 1.29 is 17.8 Å². The molecule has 1 unspecified atom stereocenters. The number of carbonyl (C=O) groups excluding carboxylic acids is 1. The summed E-state index contributed by atoms with van der Waals surface area (Å²) in [6.07, 6.45) is 0. The molecule has 7 heteroatoms. The van der Waals surface area contributed by atoms with Crippen LogP contribution in [-0.2, 0) is 20.3 Å². The molecule has 1 aliphatic rings. The van der Waals surface area contributed by atoms with Crippen LogP contribution in [0.4, 0.5) is 5.69 Å². The molecular weight excluding hydrogens is 277 g/mol. The first-order valence-electron chi connectivity index (χ1n) is 5.49. The third kappa shape index (κ3) is 2.87. The molecule has 0 fully saturated rings. The van der Waals surface area contributed by atoms with E-state index in [2.05, 4.69) is 0 Å². The van der Waals surface area contributed by atoms with Gasteiger partial charge in [0.05, 0.1) is 11.2 Å². The Morgan fingerprint density at radius 1 is 1.37 bits per heavy atom. The molecule has 1 amide bonds. The van der Waals surface area contributed by atoms with E-state index in [-0.39, 0.29) is 35.5 Å². The molecule has 0 aliphatic carbocycles. The number of fused-ring (bicyclic) bond motifs is 1. The van der Waals surface area contributed by atoms with E-state index in [0.29, 0.717) is 11.3 Å². The molecule has 1 heterocycles. The summed E-state index contributed by atoms with van der Waals surface area (Å²) in [5.41, 5.74) is 1.06. The topological polar surface area (TPSA) is 74.7 Å². The van der Waals surface area contributed by atoms with Crippen LogP contribution >= 0.6 is 0 Å². The predicted octanol–water partition coefficient (Wildman–Crippen LogP) is 0.468. The van der Waals surface area contributed by atoms with Gasteiger partial charge in [0, 0.05) is 12.7 Å². The molecule has 1 N–H and O–H groups in total. The summed E-state index contributed by atoms with van der Waals surface area (Å²) < 4.78 is 31.3. The Labute approximate surface area is 135 Å². The first kappa shape index (κ1) is 16.7. The zero-order valence-electron chi connectivity index (χ0n) is 10.5. The van der Waals surface area contributed by atoms with Crippen molar-refractivity contribution in [3.63, 3.8) is 0 Å². The van der Waals surface area contributed by atoms with Crippen molar-refractivity contribution in [2.24, 2.45) is 0 Å². The fourth-order valence-corrected chi connectivity index (χ4v) is 3.49. The molecule has 1 aromatic carbocycles. The summed E-state index contributed by atoms with van der Waals surface area (Å²) in [6, 6.07) is 5.45. The van der Waals surface area contributed by atoms with Crippen LogP contribution in [-0.4, -0.2) is 61.2 Å². The number of hydrogen-bond acceptors (Lipinski definition) is 3. The van der Waals surface area contributed by atoms with E-state index in [9.17, 15) is 13.2 Å². The van der Waals surface area contributed by atoms with Crippen molar-refractivity contribution in [2.45, 2.75) is 19.3 Å². The third-order valence-corrected chi connectivity index (χ3v) is 4.30. The third-order valence-electron chi connectivity index (χ3n) is 3.36. The molecule has 1 aromatic rings. The average Bonchev–Trinajstić information content (AvgIpc) is 2.39. The van der Waals surface area contributed by atoms with Crippen LogP contribution < -0.4 is 4.90 Å². The van der Waals surface area contributed by atoms with Crippen molar-refractivity contribution in [3.8, 4) is 0 Å². The van der Waals surface area contributed by atoms with Gasteiger partial charge in [-0.3, -0.25) is 9.35 Å². The molecule has 19 heavy (non-hydrogen) atoms. The van der Waals surface area contributed by atoms with Gasteiger partial charge >= 0.3 is 29.6 Å². The molecule has 2 rings (SSSR count). The van der Waals surface area contributed by atoms with Crippen LogP contribution in [0.3, 0.4) is 0 Å². The van der Waals surface area contributed by atoms with Crippen molar-refractivity contribution >= 4 is 51.3 Å². The maximum absolute atomic E-state index is 12.2. The number of benzene rings is 1. The van der Waals surface area contributed by atoms with Crippen LogP contribution in [0.25, 0.3) is 0 Å². The van der Waals surface area contributed by atoms with Crippen LogP contribution in [0.1, 0.15) is 18.1 Å². The summed E-state index contributed by atoms with van der Waals surface area (Å²) >= 11 is 0. The Bertz CT molecular complexity index is 629. The zero-order chi connectivity index (χ0) is 13.7. The van der Waals surface area contributed by atoms with Gasteiger partial charge in [-0.05, 0) is 25.5 Å². The quantitative estimate of drug-likeness (QED) is 0.635. The van der Waals surface area contributed by atoms with Gasteiger partial charge in [0.15, 0.2) is 0 Å². The molecule has 100 valence electrons. The van der Waals surface area contributed by atoms with Crippen molar-refractivity contribution in [3.05, 3.63) is 29.3 Å². The molecule has 0 saturated heterocycles. The Morgan fingerprint density at radius 3 is 2.47 bits per heavy atom. The minimum absolute atomic E-state index is 0. The van der Waals surface area contributed by atoms with E-state index in [4.69, 9.17) is 4.55 Å². The van der Waals surface area contributed by atoms with E-state index < -0.39 is 21.3 Å². The van der Waals surface area contributed by atoms with Gasteiger partial charge < -0.3 is 4.90 Å². The second kappa shape index (κ2) is 5.18. The Kier molecular flexibility index (Phi) is 4.54. The molecule has 1 aliphatic heterocycles. The van der Waals surface area contributed by atoms with Crippen molar-refractivity contribution in [2.75, 3.05) is 17.7 Å². The van der Waals surface area contributed by atoms with Gasteiger partial charge in [-0.25, -0.2) is 0 Å². The summed E-state index contributed by atoms with van der Waals surface area (Å²) in [5, 5.41) is 0. The number of aryl methyl sites for hydroxylation is 1. The van der Waals surface area contributed by atoms with E-state index in [1.807, 2.05) is 13.0 Å². The minimum atomic E-state index is -4.23. The molecule has 0 radical (unpaired) electrons. The van der Waals surface area contributed by atoms with Crippen molar-refractivity contribution in [1.82, 2.24) is 0 Å². The van der Waals surface area contributed by atoms with Gasteiger partial charge in [-0.15, -0.1) is 0 Å². The Hall–Kier alpha value is -0.400. The summed E-state index contributed by atoms with van der Waals surface area (Å²) in [5.74, 6) is -0.916. The van der Waals surface area contributed by atoms with Crippen LogP contribution in [0.2, 0.25) is 0 Å². The van der Waals surface area contributed by atoms with E-state index in [0.717, 1.165) is 5.56 Å². The summed E-state index contributed by atoms with van der Waals surface area (Å²) in [6.45, 7) is 3.42. The van der Waals surface area contributed by atoms with E-state index in [1.165, 1.54) is 4.90 Å². The number of rotatable bonds is 2. The SMILES string of the molecule is Cc1ccc2c(c1)C(C)(CS(=O)(=O)O)C(=O)N2C.[NaH]. The monoisotopic (exact) mass is 293 g/mol. The second-order valence-corrected chi connectivity index (χ2v) is 6.40. The summed E-state index contributed by atoms with van der Waals surface area (Å²) in [7, 11) is -2.62. The number of anilines is 1. The molecular formula is C12H16NNaO4S. The van der Waals surface area contributed by atoms with Gasteiger partial charge in [-0.2, -0.15) is 8.42 Å². The molecule has 0 spiro atoms. The van der Waals surface area contributed by atoms with Gasteiger partial charge in [0.1, 0.15) is 0 Å². The van der Waals surface area contributed by atoms with Gasteiger partial charge in [0.25, 0.3) is 10.1 Å². The zero-order valence-corrected chi connectivity index (χ0v) is 11.3. The molecule has 0 saturated carbocycles. The summed E-state index contributed by atoms with van der Waals surface area (Å²) in [4.78, 5) is 13.7. The van der Waals surface area contributed by atoms with Crippen LogP contribution in [0, 0.1) is 6.92 Å². The number of hydrogen-bond donors (Lipinski definition) is 1. The molecule has 0 aromatic heterocycles. The Balaban J connectivity index is 0.00000180. The normalized spacial score (nSPS) is 22.1. The van der Waals surface area contributed by atoms with Gasteiger partial charge in [-0.1, -0.05) is 17.7 Å². The predicted molar refractivity (Wildman–Crippen MR) is 75.5 cm³/mol. The van der Waals surface area contributed by atoms with Crippen LogP contribution in [0.15, 0.2) is 18.2 Å². The van der Waals surface area contributed by atoms with Gasteiger partial charge in [0.2, 0.25) is 5.91 Å². The second-order valence-electron chi connectivity index (χ2n) is 4.94. The maximum atomic E-state index is 12.2. The number of carbonyl (C=O) groups is 1. The van der Waals surface area contributed by atoms with Crippen molar-refractivity contribution in [1.29, 1.82) is 0 Å². The Morgan fingerprint density at radius 2 is 1.95 bits per heavy atom. The molecule has 5 nitrogen and oxygen atoms in total. The standard InChI is InChI=1S/C12H15NO4S.Na.H/c1-8-4-5-10-9(6-8)12(2,7-18(15,16)17)11(14)13(10)3;;/h4-6H,7H2,1-3H3,(H,15,16,17);;. The molecule has 1 atom stereocenters. The van der Waals surface area contributed by atoms with E-state index >= 15 is 0 Å². The fourth-order valence-electron chi connectivity index (χ4n) is 2.48. The molecule has 0 bridgehead atoms.